The number of ether oxygens (including phenoxy) is 1. The van der Waals surface area contributed by atoms with Crippen molar-refractivity contribution in [2.75, 3.05) is 30.3 Å². The van der Waals surface area contributed by atoms with Crippen LogP contribution >= 0.6 is 23.4 Å². The van der Waals surface area contributed by atoms with E-state index in [1.807, 2.05) is 25.4 Å². The van der Waals surface area contributed by atoms with E-state index in [9.17, 15) is 0 Å². The van der Waals surface area contributed by atoms with Crippen LogP contribution in [0.1, 0.15) is 25.5 Å². The van der Waals surface area contributed by atoms with E-state index in [1.165, 1.54) is 11.8 Å². The lowest BCUT2D eigenvalue weighted by molar-refractivity contribution is 0.0976. The zero-order valence-corrected chi connectivity index (χ0v) is 21.1. The second-order valence-electron chi connectivity index (χ2n) is 8.69. The van der Waals surface area contributed by atoms with Gasteiger partial charge in [-0.25, -0.2) is 15.0 Å². The van der Waals surface area contributed by atoms with Crippen LogP contribution in [-0.4, -0.2) is 54.7 Å². The average Bonchev–Trinajstić information content (AvgIpc) is 3.39. The minimum Gasteiger partial charge on any atom is -0.382 e. The van der Waals surface area contributed by atoms with Crippen molar-refractivity contribution in [3.05, 3.63) is 35.4 Å². The van der Waals surface area contributed by atoms with Gasteiger partial charge < -0.3 is 15.4 Å². The SMILES string of the molecule is C[Si]C1C(C)OCC12CCN(c1nc(C)c(Sc3ccnc(N)c3Cl)n3ccnc13)CC2. The molecule has 2 aliphatic heterocycles. The fraction of sp³-hybridized carbons (Fsp3) is 0.500. The number of hydrogen-bond acceptors (Lipinski definition) is 7. The fourth-order valence-electron chi connectivity index (χ4n) is 5.16. The number of aryl methyl sites for hydroxylation is 1. The van der Waals surface area contributed by atoms with Crippen LogP contribution in [-0.2, 0) is 4.74 Å². The van der Waals surface area contributed by atoms with Gasteiger partial charge in [-0.15, -0.1) is 0 Å². The van der Waals surface area contributed by atoms with Crippen LogP contribution in [0.4, 0.5) is 11.6 Å². The number of nitrogens with zero attached hydrogens (tertiary/aromatic N) is 5. The van der Waals surface area contributed by atoms with Crippen LogP contribution in [0.25, 0.3) is 5.65 Å². The van der Waals surface area contributed by atoms with Crippen molar-refractivity contribution in [1.29, 1.82) is 0 Å². The highest BCUT2D eigenvalue weighted by Gasteiger charge is 2.48. The lowest BCUT2D eigenvalue weighted by atomic mass is 9.76. The molecule has 1 spiro atoms. The van der Waals surface area contributed by atoms with Crippen LogP contribution in [0, 0.1) is 12.3 Å². The van der Waals surface area contributed by atoms with Crippen molar-refractivity contribution in [3.8, 4) is 0 Å². The fourth-order valence-corrected chi connectivity index (χ4v) is 7.91. The van der Waals surface area contributed by atoms with Crippen molar-refractivity contribution < 1.29 is 4.74 Å². The lowest BCUT2D eigenvalue weighted by Crippen LogP contribution is -2.44. The summed E-state index contributed by atoms with van der Waals surface area (Å²) in [5.74, 6) is 1.29. The number of aromatic nitrogens is 4. The molecule has 5 heterocycles. The number of piperidine rings is 1. The predicted octanol–water partition coefficient (Wildman–Crippen LogP) is 4.37. The lowest BCUT2D eigenvalue weighted by Gasteiger charge is -2.42. The second kappa shape index (κ2) is 8.51. The molecule has 0 amide bonds. The number of imidazole rings is 1. The highest BCUT2D eigenvalue weighted by Crippen LogP contribution is 2.50. The van der Waals surface area contributed by atoms with Gasteiger partial charge in [0, 0.05) is 46.1 Å². The summed E-state index contributed by atoms with van der Waals surface area (Å²) in [6.07, 6.45) is 8.14. The summed E-state index contributed by atoms with van der Waals surface area (Å²) in [4.78, 5) is 17.0. The van der Waals surface area contributed by atoms with Gasteiger partial charge in [0.05, 0.1) is 23.4 Å². The van der Waals surface area contributed by atoms with E-state index in [0.29, 0.717) is 27.9 Å². The van der Waals surface area contributed by atoms with E-state index >= 15 is 0 Å². The van der Waals surface area contributed by atoms with Crippen molar-refractivity contribution >= 4 is 50.2 Å². The van der Waals surface area contributed by atoms with Gasteiger partial charge in [0.1, 0.15) is 10.8 Å². The van der Waals surface area contributed by atoms with E-state index in [0.717, 1.165) is 69.1 Å². The Balaban J connectivity index is 1.44. The molecule has 32 heavy (non-hydrogen) atoms. The van der Waals surface area contributed by atoms with Gasteiger partial charge in [-0.05, 0) is 43.7 Å². The summed E-state index contributed by atoms with van der Waals surface area (Å²) < 4.78 is 8.20. The number of fused-ring (bicyclic) bond motifs is 1. The van der Waals surface area contributed by atoms with Crippen LogP contribution in [0.5, 0.6) is 0 Å². The van der Waals surface area contributed by atoms with Crippen LogP contribution in [0.2, 0.25) is 17.1 Å². The molecule has 0 aromatic carbocycles. The van der Waals surface area contributed by atoms with Gasteiger partial charge in [0.25, 0.3) is 0 Å². The zero-order chi connectivity index (χ0) is 22.5. The number of nitrogens with two attached hydrogens (primary N) is 1. The molecule has 3 aromatic heterocycles. The van der Waals surface area contributed by atoms with E-state index in [-0.39, 0.29) is 0 Å². The van der Waals surface area contributed by atoms with Gasteiger partial charge in [-0.3, -0.25) is 4.40 Å². The van der Waals surface area contributed by atoms with Crippen LogP contribution in [0.3, 0.4) is 0 Å². The molecular weight excluding hydrogens is 460 g/mol. The molecule has 5 rings (SSSR count). The Bertz CT molecular complexity index is 1150. The van der Waals surface area contributed by atoms with Crippen molar-refractivity contribution in [3.63, 3.8) is 0 Å². The summed E-state index contributed by atoms with van der Waals surface area (Å²) in [5.41, 5.74) is 8.69. The van der Waals surface area contributed by atoms with E-state index in [1.54, 1.807) is 6.20 Å². The van der Waals surface area contributed by atoms with Gasteiger partial charge in [-0.1, -0.05) is 29.9 Å². The third-order valence-electron chi connectivity index (χ3n) is 6.86. The first kappa shape index (κ1) is 22.0. The molecule has 2 N–H and O–H groups in total. The summed E-state index contributed by atoms with van der Waals surface area (Å²) in [6, 6.07) is 1.87. The van der Waals surface area contributed by atoms with Gasteiger partial charge in [-0.2, -0.15) is 0 Å². The first-order valence-electron chi connectivity index (χ1n) is 10.9. The number of anilines is 2. The standard InChI is InChI=1S/C22H27ClN6OSSi/c1-13-21(31-15-4-7-25-18(24)16(15)23)29-11-8-26-19(29)20(27-13)28-9-5-22(6-10-28)12-30-14(2)17(22)32-3/h4,7-8,11,14,17H,5-6,9-10,12H2,1-3H3,(H2,24,25). The maximum atomic E-state index is 6.40. The number of nitrogen functional groups attached to an aromatic ring is 1. The summed E-state index contributed by atoms with van der Waals surface area (Å²) >= 11 is 7.93. The average molecular weight is 487 g/mol. The molecule has 0 bridgehead atoms. The Hall–Kier alpha value is -1.81. The minimum absolute atomic E-state index is 0.317. The Morgan fingerprint density at radius 1 is 1.28 bits per heavy atom. The first-order valence-corrected chi connectivity index (χ1v) is 13.7. The quantitative estimate of drug-likeness (QED) is 0.548. The third kappa shape index (κ3) is 3.59. The van der Waals surface area contributed by atoms with E-state index in [4.69, 9.17) is 27.1 Å². The molecule has 0 saturated carbocycles. The molecule has 0 aliphatic carbocycles. The minimum atomic E-state index is 0.317. The van der Waals surface area contributed by atoms with Gasteiger partial charge in [0.15, 0.2) is 11.5 Å². The smallest absolute Gasteiger partial charge is 0.181 e. The number of pyridine rings is 1. The highest BCUT2D eigenvalue weighted by molar-refractivity contribution is 7.99. The molecule has 2 saturated heterocycles. The predicted molar refractivity (Wildman–Crippen MR) is 130 cm³/mol. The molecular formula is C22H27ClN6OSSi. The normalized spacial score (nSPS) is 22.8. The summed E-state index contributed by atoms with van der Waals surface area (Å²) in [5, 5.41) is 1.45. The Kier molecular flexibility index (Phi) is 5.85. The Morgan fingerprint density at radius 2 is 2.06 bits per heavy atom. The summed E-state index contributed by atoms with van der Waals surface area (Å²) in [6.45, 7) is 9.44. The molecule has 2 fully saturated rings. The van der Waals surface area contributed by atoms with Crippen LogP contribution in [0.15, 0.2) is 34.6 Å². The van der Waals surface area contributed by atoms with E-state index < -0.39 is 0 Å². The molecule has 2 aliphatic rings. The molecule has 2 atom stereocenters. The molecule has 7 nitrogen and oxygen atoms in total. The first-order chi connectivity index (χ1) is 15.4. The molecule has 2 unspecified atom stereocenters. The van der Waals surface area contributed by atoms with Crippen molar-refractivity contribution in [2.24, 2.45) is 5.41 Å². The second-order valence-corrected chi connectivity index (χ2v) is 11.3. The topological polar surface area (TPSA) is 81.6 Å². The van der Waals surface area contributed by atoms with Gasteiger partial charge >= 0.3 is 0 Å². The zero-order valence-electron chi connectivity index (χ0n) is 18.5. The third-order valence-corrected chi connectivity index (χ3v) is 10.3. The maximum Gasteiger partial charge on any atom is 0.181 e. The molecule has 2 radical (unpaired) electrons. The monoisotopic (exact) mass is 486 g/mol. The Morgan fingerprint density at radius 3 is 2.81 bits per heavy atom. The van der Waals surface area contributed by atoms with Crippen LogP contribution < -0.4 is 10.6 Å². The van der Waals surface area contributed by atoms with E-state index in [2.05, 4.69) is 32.7 Å². The molecule has 10 heteroatoms. The number of hydrogen-bond donors (Lipinski definition) is 1. The molecule has 168 valence electrons. The number of rotatable bonds is 4. The Labute approximate surface area is 199 Å². The molecule has 3 aromatic rings. The number of halogens is 1. The van der Waals surface area contributed by atoms with Gasteiger partial charge in [0.2, 0.25) is 0 Å². The van der Waals surface area contributed by atoms with Crippen molar-refractivity contribution in [1.82, 2.24) is 19.4 Å². The maximum absolute atomic E-state index is 6.40. The largest absolute Gasteiger partial charge is 0.382 e. The summed E-state index contributed by atoms with van der Waals surface area (Å²) in [7, 11) is 0.920. The van der Waals surface area contributed by atoms with Crippen molar-refractivity contribution in [2.45, 2.75) is 54.8 Å². The highest BCUT2D eigenvalue weighted by atomic mass is 35.5.